The molecule has 0 aliphatic carbocycles. The molecule has 0 aliphatic rings. The fourth-order valence-electron chi connectivity index (χ4n) is 2.53. The van der Waals surface area contributed by atoms with Crippen LogP contribution in [0.3, 0.4) is 0 Å². The predicted octanol–water partition coefficient (Wildman–Crippen LogP) is 3.21. The van der Waals surface area contributed by atoms with Crippen molar-refractivity contribution in [3.05, 3.63) is 47.5 Å². The van der Waals surface area contributed by atoms with Crippen LogP contribution in [0, 0.1) is 0 Å². The highest BCUT2D eigenvalue weighted by Crippen LogP contribution is 2.34. The maximum atomic E-state index is 12.5. The molecule has 0 aliphatic heterocycles. The Morgan fingerprint density at radius 3 is 2.25 bits per heavy atom. The zero-order chi connectivity index (χ0) is 20.5. The quantitative estimate of drug-likeness (QED) is 0.721. The summed E-state index contributed by atoms with van der Waals surface area (Å²) in [5.41, 5.74) is 1.60. The molecule has 150 valence electrons. The van der Waals surface area contributed by atoms with Gasteiger partial charge in [0.25, 0.3) is 5.91 Å². The van der Waals surface area contributed by atoms with E-state index in [4.69, 9.17) is 18.9 Å². The molecule has 0 unspecified atom stereocenters. The minimum absolute atomic E-state index is 0.220. The van der Waals surface area contributed by atoms with Gasteiger partial charge in [0, 0.05) is 29.4 Å². The molecule has 0 saturated heterocycles. The molecule has 2 aromatic rings. The smallest absolute Gasteiger partial charge is 0.411 e. The van der Waals surface area contributed by atoms with Crippen molar-refractivity contribution in [2.24, 2.45) is 0 Å². The molecule has 2 amide bonds. The highest BCUT2D eigenvalue weighted by Gasteiger charge is 2.14. The lowest BCUT2D eigenvalue weighted by atomic mass is 10.1. The first kappa shape index (κ1) is 20.9. The van der Waals surface area contributed by atoms with Crippen LogP contribution in [0.1, 0.15) is 22.8 Å². The minimum atomic E-state index is -0.574. The molecule has 0 fully saturated rings. The number of amides is 2. The van der Waals surface area contributed by atoms with Crippen molar-refractivity contribution in [3.63, 3.8) is 0 Å². The normalized spacial score (nSPS) is 10.0. The fraction of sp³-hybridized carbons (Fsp3) is 0.300. The molecule has 0 spiro atoms. The number of hydrogen-bond acceptors (Lipinski definition) is 6. The molecule has 0 radical (unpaired) electrons. The Hall–Kier alpha value is -3.42. The number of anilines is 1. The summed E-state index contributed by atoms with van der Waals surface area (Å²) in [6, 6.07) is 10.0. The summed E-state index contributed by atoms with van der Waals surface area (Å²) in [5.74, 6) is 1.33. The summed E-state index contributed by atoms with van der Waals surface area (Å²) < 4.78 is 20.7. The molecule has 8 nitrogen and oxygen atoms in total. The standard InChI is InChI=1S/C20H24N2O6/c1-5-28-20(24)22-15-8-6-7-13(9-15)19(23)21-12-14-10-17(26-3)18(27-4)11-16(14)25-2/h6-11H,5,12H2,1-4H3,(H,21,23)(H,22,24). The van der Waals surface area contributed by atoms with Gasteiger partial charge in [-0.1, -0.05) is 6.07 Å². The van der Waals surface area contributed by atoms with Gasteiger partial charge in [-0.25, -0.2) is 4.79 Å². The van der Waals surface area contributed by atoms with Crippen LogP contribution in [0.5, 0.6) is 17.2 Å². The Kier molecular flexibility index (Phi) is 7.50. The van der Waals surface area contributed by atoms with E-state index in [1.807, 2.05) is 0 Å². The van der Waals surface area contributed by atoms with Crippen LogP contribution in [0.4, 0.5) is 10.5 Å². The van der Waals surface area contributed by atoms with E-state index < -0.39 is 6.09 Å². The van der Waals surface area contributed by atoms with E-state index in [1.165, 1.54) is 21.3 Å². The number of rotatable bonds is 8. The van der Waals surface area contributed by atoms with Crippen LogP contribution < -0.4 is 24.8 Å². The van der Waals surface area contributed by atoms with Gasteiger partial charge in [0.1, 0.15) is 5.75 Å². The van der Waals surface area contributed by atoms with Crippen molar-refractivity contribution in [2.45, 2.75) is 13.5 Å². The third-order valence-corrected chi connectivity index (χ3v) is 3.87. The zero-order valence-electron chi connectivity index (χ0n) is 16.3. The van der Waals surface area contributed by atoms with Crippen LogP contribution in [-0.2, 0) is 11.3 Å². The molecule has 2 N–H and O–H groups in total. The van der Waals surface area contributed by atoms with Gasteiger partial charge in [-0.3, -0.25) is 10.1 Å². The maximum absolute atomic E-state index is 12.5. The van der Waals surface area contributed by atoms with Crippen molar-refractivity contribution in [1.82, 2.24) is 5.32 Å². The van der Waals surface area contributed by atoms with Gasteiger partial charge in [0.15, 0.2) is 11.5 Å². The Labute approximate surface area is 163 Å². The first-order valence-electron chi connectivity index (χ1n) is 8.63. The minimum Gasteiger partial charge on any atom is -0.496 e. The number of nitrogens with one attached hydrogen (secondary N) is 2. The predicted molar refractivity (Wildman–Crippen MR) is 104 cm³/mol. The van der Waals surface area contributed by atoms with Crippen molar-refractivity contribution < 1.29 is 28.5 Å². The van der Waals surface area contributed by atoms with E-state index in [0.29, 0.717) is 28.5 Å². The summed E-state index contributed by atoms with van der Waals surface area (Å²) >= 11 is 0. The first-order chi connectivity index (χ1) is 13.5. The van der Waals surface area contributed by atoms with Crippen molar-refractivity contribution in [2.75, 3.05) is 33.3 Å². The van der Waals surface area contributed by atoms with Crippen LogP contribution in [0.2, 0.25) is 0 Å². The van der Waals surface area contributed by atoms with Crippen molar-refractivity contribution in [3.8, 4) is 17.2 Å². The third kappa shape index (κ3) is 5.29. The second kappa shape index (κ2) is 10.1. The number of ether oxygens (including phenoxy) is 4. The van der Waals surface area contributed by atoms with Gasteiger partial charge in [-0.15, -0.1) is 0 Å². The zero-order valence-corrected chi connectivity index (χ0v) is 16.3. The van der Waals surface area contributed by atoms with Gasteiger partial charge in [0.05, 0.1) is 27.9 Å². The molecule has 0 aromatic heterocycles. The lowest BCUT2D eigenvalue weighted by molar-refractivity contribution is 0.0950. The topological polar surface area (TPSA) is 95.1 Å². The molecule has 0 bridgehead atoms. The van der Waals surface area contributed by atoms with Gasteiger partial charge in [-0.05, 0) is 31.2 Å². The van der Waals surface area contributed by atoms with Gasteiger partial charge < -0.3 is 24.3 Å². The monoisotopic (exact) mass is 388 g/mol. The van der Waals surface area contributed by atoms with Gasteiger partial charge in [-0.2, -0.15) is 0 Å². The number of benzene rings is 2. The number of carbonyl (C=O) groups is 2. The fourth-order valence-corrected chi connectivity index (χ4v) is 2.53. The summed E-state index contributed by atoms with van der Waals surface area (Å²) in [6.45, 7) is 2.20. The van der Waals surface area contributed by atoms with Crippen molar-refractivity contribution in [1.29, 1.82) is 0 Å². The van der Waals surface area contributed by atoms with E-state index >= 15 is 0 Å². The average Bonchev–Trinajstić information content (AvgIpc) is 2.71. The molecular formula is C20H24N2O6. The Morgan fingerprint density at radius 1 is 0.929 bits per heavy atom. The average molecular weight is 388 g/mol. The van der Waals surface area contributed by atoms with Gasteiger partial charge >= 0.3 is 6.09 Å². The second-order valence-electron chi connectivity index (χ2n) is 5.63. The van der Waals surface area contributed by atoms with E-state index in [1.54, 1.807) is 43.3 Å². The molecule has 2 aromatic carbocycles. The summed E-state index contributed by atoms with van der Waals surface area (Å²) in [4.78, 5) is 24.0. The Balaban J connectivity index is 2.11. The van der Waals surface area contributed by atoms with Gasteiger partial charge in [0.2, 0.25) is 0 Å². The number of carbonyl (C=O) groups excluding carboxylic acids is 2. The van der Waals surface area contributed by atoms with E-state index in [0.717, 1.165) is 5.56 Å². The molecule has 28 heavy (non-hydrogen) atoms. The van der Waals surface area contributed by atoms with E-state index in [9.17, 15) is 9.59 Å². The Bertz CT molecular complexity index is 837. The highest BCUT2D eigenvalue weighted by molar-refractivity contribution is 5.96. The Morgan fingerprint density at radius 2 is 1.61 bits per heavy atom. The largest absolute Gasteiger partial charge is 0.496 e. The van der Waals surface area contributed by atoms with Crippen LogP contribution in [0.25, 0.3) is 0 Å². The summed E-state index contributed by atoms with van der Waals surface area (Å²) in [7, 11) is 4.61. The van der Waals surface area contributed by atoms with Crippen molar-refractivity contribution >= 4 is 17.7 Å². The highest BCUT2D eigenvalue weighted by atomic mass is 16.5. The number of hydrogen-bond donors (Lipinski definition) is 2. The lowest BCUT2D eigenvalue weighted by Gasteiger charge is -2.15. The third-order valence-electron chi connectivity index (χ3n) is 3.87. The van der Waals surface area contributed by atoms with Crippen LogP contribution in [0.15, 0.2) is 36.4 Å². The second-order valence-corrected chi connectivity index (χ2v) is 5.63. The first-order valence-corrected chi connectivity index (χ1v) is 8.63. The SMILES string of the molecule is CCOC(=O)Nc1cccc(C(=O)NCc2cc(OC)c(OC)cc2OC)c1. The maximum Gasteiger partial charge on any atom is 0.411 e. The molecule has 8 heteroatoms. The van der Waals surface area contributed by atoms with Crippen LogP contribution in [-0.4, -0.2) is 39.9 Å². The molecule has 2 rings (SSSR count). The van der Waals surface area contributed by atoms with E-state index in [-0.39, 0.29) is 19.1 Å². The molecule has 0 saturated carbocycles. The molecule has 0 heterocycles. The van der Waals surface area contributed by atoms with Crippen LogP contribution >= 0.6 is 0 Å². The summed E-state index contributed by atoms with van der Waals surface area (Å²) in [5, 5.41) is 5.39. The summed E-state index contributed by atoms with van der Waals surface area (Å²) in [6.07, 6.45) is -0.574. The lowest BCUT2D eigenvalue weighted by Crippen LogP contribution is -2.23. The molecule has 0 atom stereocenters. The molecular weight excluding hydrogens is 364 g/mol. The van der Waals surface area contributed by atoms with E-state index in [2.05, 4.69) is 10.6 Å². The number of methoxy groups -OCH3 is 3.